The normalized spacial score (nSPS) is 10.4. The van der Waals surface area contributed by atoms with Gasteiger partial charge in [-0.05, 0) is 43.0 Å². The van der Waals surface area contributed by atoms with Crippen molar-refractivity contribution in [3.63, 3.8) is 0 Å². The van der Waals surface area contributed by atoms with E-state index in [0.717, 1.165) is 11.1 Å². The summed E-state index contributed by atoms with van der Waals surface area (Å²) in [5.41, 5.74) is 3.03. The number of halogens is 1. The van der Waals surface area contributed by atoms with E-state index in [1.807, 2.05) is 43.3 Å². The van der Waals surface area contributed by atoms with Gasteiger partial charge in [0.25, 0.3) is 0 Å². The highest BCUT2D eigenvalue weighted by Gasteiger charge is 2.07. The van der Waals surface area contributed by atoms with Crippen molar-refractivity contribution in [2.24, 2.45) is 0 Å². The molecular formula is C21H23ClO4. The van der Waals surface area contributed by atoms with Gasteiger partial charge in [0.1, 0.15) is 13.2 Å². The summed E-state index contributed by atoms with van der Waals surface area (Å²) in [6, 6.07) is 15.0. The van der Waals surface area contributed by atoms with Crippen molar-refractivity contribution in [3.8, 4) is 0 Å². The lowest BCUT2D eigenvalue weighted by Gasteiger charge is -2.06. The third-order valence-electron chi connectivity index (χ3n) is 3.85. The zero-order valence-corrected chi connectivity index (χ0v) is 15.6. The largest absolute Gasteiger partial charge is 0.461 e. The number of hydrogen-bond donors (Lipinski definition) is 0. The molecular weight excluding hydrogens is 352 g/mol. The lowest BCUT2D eigenvalue weighted by Crippen LogP contribution is -2.07. The summed E-state index contributed by atoms with van der Waals surface area (Å²) in [6.45, 7) is 2.52. The predicted octanol–water partition coefficient (Wildman–Crippen LogP) is 5.00. The molecule has 0 saturated carbocycles. The lowest BCUT2D eigenvalue weighted by molar-refractivity contribution is -0.147. The van der Waals surface area contributed by atoms with E-state index in [1.54, 1.807) is 12.1 Å². The molecule has 0 radical (unpaired) electrons. The summed E-state index contributed by atoms with van der Waals surface area (Å²) in [6.07, 6.45) is 1.79. The van der Waals surface area contributed by atoms with Crippen LogP contribution in [0.1, 0.15) is 42.4 Å². The van der Waals surface area contributed by atoms with E-state index in [2.05, 4.69) is 0 Å². The van der Waals surface area contributed by atoms with Gasteiger partial charge in [0.15, 0.2) is 0 Å². The summed E-state index contributed by atoms with van der Waals surface area (Å²) in [5.74, 6) is -0.520. The third kappa shape index (κ3) is 7.70. The van der Waals surface area contributed by atoms with Crippen LogP contribution in [0, 0.1) is 6.92 Å². The minimum Gasteiger partial charge on any atom is -0.461 e. The van der Waals surface area contributed by atoms with Gasteiger partial charge in [-0.3, -0.25) is 9.59 Å². The average Bonchev–Trinajstić information content (AvgIpc) is 2.64. The van der Waals surface area contributed by atoms with Crippen LogP contribution in [0.3, 0.4) is 0 Å². The molecule has 0 unspecified atom stereocenters. The molecule has 2 rings (SSSR count). The van der Waals surface area contributed by atoms with E-state index in [0.29, 0.717) is 30.7 Å². The van der Waals surface area contributed by atoms with Gasteiger partial charge in [0.05, 0.1) is 0 Å². The van der Waals surface area contributed by atoms with E-state index in [1.165, 1.54) is 5.56 Å². The smallest absolute Gasteiger partial charge is 0.306 e. The van der Waals surface area contributed by atoms with Crippen LogP contribution in [-0.4, -0.2) is 11.9 Å². The van der Waals surface area contributed by atoms with Crippen LogP contribution in [0.15, 0.2) is 48.5 Å². The first kappa shape index (κ1) is 20.0. The summed E-state index contributed by atoms with van der Waals surface area (Å²) in [5, 5.41) is 0.648. The molecule has 2 aromatic carbocycles. The number of unbranched alkanes of at least 4 members (excludes halogenated alkanes) is 1. The zero-order chi connectivity index (χ0) is 18.8. The van der Waals surface area contributed by atoms with Gasteiger partial charge in [-0.1, -0.05) is 53.6 Å². The quantitative estimate of drug-likeness (QED) is 0.458. The summed E-state index contributed by atoms with van der Waals surface area (Å²) < 4.78 is 10.4. The van der Waals surface area contributed by atoms with Gasteiger partial charge in [-0.2, -0.15) is 0 Å². The number of hydrogen-bond acceptors (Lipinski definition) is 4. The van der Waals surface area contributed by atoms with Crippen LogP contribution >= 0.6 is 11.6 Å². The monoisotopic (exact) mass is 374 g/mol. The maximum atomic E-state index is 11.7. The molecule has 0 aliphatic rings. The van der Waals surface area contributed by atoms with Crippen molar-refractivity contribution >= 4 is 23.5 Å². The van der Waals surface area contributed by atoms with Gasteiger partial charge < -0.3 is 9.47 Å². The fraction of sp³-hybridized carbons (Fsp3) is 0.333. The van der Waals surface area contributed by atoms with Crippen LogP contribution in [0.2, 0.25) is 5.02 Å². The molecule has 2 aromatic rings. The molecule has 0 N–H and O–H groups in total. The van der Waals surface area contributed by atoms with Crippen molar-refractivity contribution in [2.45, 2.75) is 45.8 Å². The van der Waals surface area contributed by atoms with Crippen molar-refractivity contribution in [1.29, 1.82) is 0 Å². The molecule has 26 heavy (non-hydrogen) atoms. The minimum atomic E-state index is -0.270. The molecule has 138 valence electrons. The van der Waals surface area contributed by atoms with Crippen LogP contribution in [0.25, 0.3) is 0 Å². The number of esters is 2. The molecule has 0 aromatic heterocycles. The average molecular weight is 375 g/mol. The molecule has 0 atom stereocenters. The Morgan fingerprint density at radius 1 is 0.769 bits per heavy atom. The first-order valence-electron chi connectivity index (χ1n) is 8.64. The van der Waals surface area contributed by atoms with Crippen LogP contribution in [-0.2, 0) is 32.3 Å². The van der Waals surface area contributed by atoms with Gasteiger partial charge in [-0.15, -0.1) is 0 Å². The Kier molecular flexibility index (Phi) is 8.16. The van der Waals surface area contributed by atoms with Crippen molar-refractivity contribution in [3.05, 3.63) is 70.2 Å². The highest BCUT2D eigenvalue weighted by molar-refractivity contribution is 6.30. The second-order valence-electron chi connectivity index (χ2n) is 6.14. The zero-order valence-electron chi connectivity index (χ0n) is 14.9. The molecule has 0 saturated heterocycles. The number of aryl methyl sites for hydroxylation is 1. The Bertz CT molecular complexity index is 644. The molecule has 0 fully saturated rings. The Balaban J connectivity index is 1.54. The maximum absolute atomic E-state index is 11.7. The van der Waals surface area contributed by atoms with E-state index in [-0.39, 0.29) is 25.2 Å². The van der Waals surface area contributed by atoms with Crippen LogP contribution in [0.4, 0.5) is 0 Å². The van der Waals surface area contributed by atoms with E-state index < -0.39 is 0 Å². The van der Waals surface area contributed by atoms with E-state index in [4.69, 9.17) is 21.1 Å². The lowest BCUT2D eigenvalue weighted by atomic mass is 10.1. The first-order chi connectivity index (χ1) is 12.5. The Labute approximate surface area is 159 Å². The molecule has 5 heteroatoms. The molecule has 0 spiro atoms. The SMILES string of the molecule is Cc1ccc(COC(=O)CCCCC(=O)OCc2ccc(Cl)cc2)cc1. The van der Waals surface area contributed by atoms with E-state index >= 15 is 0 Å². The molecule has 0 aliphatic heterocycles. The summed E-state index contributed by atoms with van der Waals surface area (Å²) in [4.78, 5) is 23.4. The fourth-order valence-electron chi connectivity index (χ4n) is 2.28. The Morgan fingerprint density at radius 3 is 1.65 bits per heavy atom. The maximum Gasteiger partial charge on any atom is 0.306 e. The Hall–Kier alpha value is -2.33. The first-order valence-corrected chi connectivity index (χ1v) is 9.02. The molecule has 0 bridgehead atoms. The van der Waals surface area contributed by atoms with Crippen molar-refractivity contribution in [1.82, 2.24) is 0 Å². The van der Waals surface area contributed by atoms with Crippen LogP contribution < -0.4 is 0 Å². The van der Waals surface area contributed by atoms with Gasteiger partial charge in [0, 0.05) is 17.9 Å². The van der Waals surface area contributed by atoms with E-state index in [9.17, 15) is 9.59 Å². The van der Waals surface area contributed by atoms with Gasteiger partial charge >= 0.3 is 11.9 Å². The standard InChI is InChI=1S/C21H23ClO4/c1-16-6-8-17(9-7-16)14-25-20(23)4-2-3-5-21(24)26-15-18-10-12-19(22)13-11-18/h6-13H,2-5,14-15H2,1H3. The molecule has 0 aliphatic carbocycles. The number of carbonyl (C=O) groups excluding carboxylic acids is 2. The number of benzene rings is 2. The molecule has 0 amide bonds. The van der Waals surface area contributed by atoms with Crippen molar-refractivity contribution in [2.75, 3.05) is 0 Å². The highest BCUT2D eigenvalue weighted by atomic mass is 35.5. The fourth-order valence-corrected chi connectivity index (χ4v) is 2.40. The van der Waals surface area contributed by atoms with Gasteiger partial charge in [0.2, 0.25) is 0 Å². The molecule has 4 nitrogen and oxygen atoms in total. The number of rotatable bonds is 9. The predicted molar refractivity (Wildman–Crippen MR) is 101 cm³/mol. The second kappa shape index (κ2) is 10.6. The Morgan fingerprint density at radius 2 is 1.19 bits per heavy atom. The van der Waals surface area contributed by atoms with Crippen molar-refractivity contribution < 1.29 is 19.1 Å². The topological polar surface area (TPSA) is 52.6 Å². The van der Waals surface area contributed by atoms with Gasteiger partial charge in [-0.25, -0.2) is 0 Å². The summed E-state index contributed by atoms with van der Waals surface area (Å²) in [7, 11) is 0. The minimum absolute atomic E-state index is 0.231. The number of carbonyl (C=O) groups is 2. The number of ether oxygens (including phenoxy) is 2. The summed E-state index contributed by atoms with van der Waals surface area (Å²) >= 11 is 5.80. The third-order valence-corrected chi connectivity index (χ3v) is 4.10. The highest BCUT2D eigenvalue weighted by Crippen LogP contribution is 2.11. The molecule has 0 heterocycles. The van der Waals surface area contributed by atoms with Crippen LogP contribution in [0.5, 0.6) is 0 Å². The second-order valence-corrected chi connectivity index (χ2v) is 6.58.